The summed E-state index contributed by atoms with van der Waals surface area (Å²) in [6.07, 6.45) is -8.99. The van der Waals surface area contributed by atoms with Gasteiger partial charge >= 0.3 is 12.4 Å². The third-order valence-corrected chi connectivity index (χ3v) is 6.32. The van der Waals surface area contributed by atoms with E-state index in [1.54, 1.807) is 0 Å². The van der Waals surface area contributed by atoms with Crippen molar-refractivity contribution in [3.8, 4) is 0 Å². The van der Waals surface area contributed by atoms with Gasteiger partial charge in [-0.1, -0.05) is 21.6 Å². The number of halogens is 6. The molecule has 2 rings (SSSR count). The molecule has 0 saturated heterocycles. The molecule has 10 heteroatoms. The SMILES string of the molecule is FC(F)(F)c1cscc1SSc1cscc1C(F)(F)F. The van der Waals surface area contributed by atoms with Crippen molar-refractivity contribution in [1.29, 1.82) is 0 Å². The molecule has 0 aliphatic carbocycles. The van der Waals surface area contributed by atoms with E-state index in [2.05, 4.69) is 0 Å². The highest BCUT2D eigenvalue weighted by molar-refractivity contribution is 8.76. The van der Waals surface area contributed by atoms with E-state index in [4.69, 9.17) is 0 Å². The Morgan fingerprint density at radius 1 is 0.650 bits per heavy atom. The zero-order chi connectivity index (χ0) is 15.0. The van der Waals surface area contributed by atoms with E-state index in [1.165, 1.54) is 10.8 Å². The third kappa shape index (κ3) is 3.66. The monoisotopic (exact) mass is 366 g/mol. The molecule has 0 nitrogen and oxygen atoms in total. The minimum atomic E-state index is -4.50. The number of hydrogen-bond acceptors (Lipinski definition) is 4. The van der Waals surface area contributed by atoms with E-state index in [0.717, 1.165) is 33.4 Å². The summed E-state index contributed by atoms with van der Waals surface area (Å²) in [5.74, 6) is 0. The average molecular weight is 366 g/mol. The van der Waals surface area contributed by atoms with Crippen LogP contribution in [0.25, 0.3) is 0 Å². The Balaban J connectivity index is 2.15. The van der Waals surface area contributed by atoms with Crippen molar-refractivity contribution in [1.82, 2.24) is 0 Å². The standard InChI is InChI=1S/C10H4F6S4/c11-9(12,13)5-1-17-3-7(5)19-20-8-4-18-2-6(8)10(14,15)16/h1-4H. The summed E-state index contributed by atoms with van der Waals surface area (Å²) in [4.78, 5) is -0.154. The molecule has 0 unspecified atom stereocenters. The lowest BCUT2D eigenvalue weighted by molar-refractivity contribution is -0.140. The second kappa shape index (κ2) is 5.82. The maximum Gasteiger partial charge on any atom is 0.418 e. The highest BCUT2D eigenvalue weighted by Gasteiger charge is 2.36. The molecular formula is C10H4F6S4. The number of alkyl halides is 6. The average Bonchev–Trinajstić information content (AvgIpc) is 2.93. The van der Waals surface area contributed by atoms with Crippen molar-refractivity contribution >= 4 is 44.3 Å². The predicted molar refractivity (Wildman–Crippen MR) is 70.4 cm³/mol. The van der Waals surface area contributed by atoms with Crippen LogP contribution in [-0.4, -0.2) is 0 Å². The van der Waals surface area contributed by atoms with E-state index >= 15 is 0 Å². The lowest BCUT2D eigenvalue weighted by atomic mass is 10.3. The zero-order valence-corrected chi connectivity index (χ0v) is 12.5. The smallest absolute Gasteiger partial charge is 0.166 e. The van der Waals surface area contributed by atoms with E-state index in [-0.39, 0.29) is 9.79 Å². The minimum Gasteiger partial charge on any atom is -0.166 e. The second-order valence-corrected chi connectivity index (χ2v) is 7.16. The van der Waals surface area contributed by atoms with Crippen LogP contribution in [0.1, 0.15) is 11.1 Å². The molecule has 20 heavy (non-hydrogen) atoms. The topological polar surface area (TPSA) is 0 Å². The molecule has 110 valence electrons. The van der Waals surface area contributed by atoms with Crippen molar-refractivity contribution < 1.29 is 26.3 Å². The van der Waals surface area contributed by atoms with Gasteiger partial charge in [-0.15, -0.1) is 0 Å². The van der Waals surface area contributed by atoms with Gasteiger partial charge in [0.25, 0.3) is 0 Å². The van der Waals surface area contributed by atoms with Crippen LogP contribution in [0, 0.1) is 0 Å². The van der Waals surface area contributed by atoms with Crippen LogP contribution in [0.2, 0.25) is 0 Å². The van der Waals surface area contributed by atoms with Crippen LogP contribution >= 0.6 is 44.3 Å². The molecule has 2 aromatic heterocycles. The second-order valence-electron chi connectivity index (χ2n) is 3.46. The summed E-state index contributed by atoms with van der Waals surface area (Å²) in [5.41, 5.74) is -1.63. The molecule has 0 aliphatic rings. The van der Waals surface area contributed by atoms with Crippen LogP contribution < -0.4 is 0 Å². The van der Waals surface area contributed by atoms with Crippen molar-refractivity contribution in [2.75, 3.05) is 0 Å². The lowest BCUT2D eigenvalue weighted by Crippen LogP contribution is -2.04. The Morgan fingerprint density at radius 3 is 1.30 bits per heavy atom. The molecule has 0 N–H and O–H groups in total. The van der Waals surface area contributed by atoms with Crippen molar-refractivity contribution in [3.05, 3.63) is 32.6 Å². The van der Waals surface area contributed by atoms with E-state index in [9.17, 15) is 26.3 Å². The molecule has 0 spiro atoms. The summed E-state index contributed by atoms with van der Waals surface area (Å²) >= 11 is 1.73. The van der Waals surface area contributed by atoms with Gasteiger partial charge in [0.05, 0.1) is 11.1 Å². The van der Waals surface area contributed by atoms with Crippen molar-refractivity contribution in [2.45, 2.75) is 22.1 Å². The Kier molecular flexibility index (Phi) is 4.67. The molecule has 2 aromatic rings. The number of thiophene rings is 2. The molecule has 0 fully saturated rings. The van der Waals surface area contributed by atoms with Gasteiger partial charge in [-0.3, -0.25) is 0 Å². The van der Waals surface area contributed by atoms with E-state index in [1.807, 2.05) is 0 Å². The van der Waals surface area contributed by atoms with E-state index < -0.39 is 23.5 Å². The first-order valence-corrected chi connectivity index (χ1v) is 8.84. The molecule has 0 aromatic carbocycles. The Hall–Kier alpha value is -0.320. The van der Waals surface area contributed by atoms with Gasteiger partial charge in [-0.25, -0.2) is 0 Å². The molecule has 0 bridgehead atoms. The fourth-order valence-electron chi connectivity index (χ4n) is 1.20. The molecule has 0 aliphatic heterocycles. The summed E-state index contributed by atoms with van der Waals surface area (Å²) in [5, 5.41) is 4.45. The molecular weight excluding hydrogens is 362 g/mol. The maximum absolute atomic E-state index is 12.6. The van der Waals surface area contributed by atoms with Gasteiger partial charge in [0.2, 0.25) is 0 Å². The highest BCUT2D eigenvalue weighted by Crippen LogP contribution is 2.49. The van der Waals surface area contributed by atoms with Gasteiger partial charge in [0.1, 0.15) is 0 Å². The minimum absolute atomic E-state index is 0.0770. The first kappa shape index (κ1) is 16.1. The van der Waals surface area contributed by atoms with Gasteiger partial charge < -0.3 is 0 Å². The fraction of sp³-hybridized carbons (Fsp3) is 0.200. The zero-order valence-electron chi connectivity index (χ0n) is 9.21. The Bertz CT molecular complexity index is 527. The van der Waals surface area contributed by atoms with Crippen LogP contribution in [0.3, 0.4) is 0 Å². The van der Waals surface area contributed by atoms with Crippen molar-refractivity contribution in [2.24, 2.45) is 0 Å². The number of rotatable bonds is 3. The summed E-state index contributed by atoms with van der Waals surface area (Å²) < 4.78 is 75.7. The first-order chi connectivity index (χ1) is 9.19. The predicted octanol–water partition coefficient (Wildman–Crippen LogP) is 6.65. The van der Waals surface area contributed by atoms with Crippen molar-refractivity contribution in [3.63, 3.8) is 0 Å². The normalized spacial score (nSPS) is 12.9. The first-order valence-electron chi connectivity index (χ1n) is 4.81. The van der Waals surface area contributed by atoms with Crippen LogP contribution in [0.5, 0.6) is 0 Å². The largest absolute Gasteiger partial charge is 0.418 e. The summed E-state index contributed by atoms with van der Waals surface area (Å²) in [6.45, 7) is 0. The van der Waals surface area contributed by atoms with Gasteiger partial charge in [-0.2, -0.15) is 49.0 Å². The molecule has 0 amide bonds. The van der Waals surface area contributed by atoms with Crippen LogP contribution in [0.4, 0.5) is 26.3 Å². The number of hydrogen-bond donors (Lipinski definition) is 0. The van der Waals surface area contributed by atoms with Gasteiger partial charge in [-0.05, 0) is 0 Å². The van der Waals surface area contributed by atoms with Crippen LogP contribution in [0.15, 0.2) is 31.3 Å². The fourth-order valence-corrected chi connectivity index (χ4v) is 5.92. The molecule has 0 saturated carbocycles. The summed E-state index contributed by atoms with van der Waals surface area (Å²) in [6, 6.07) is 0. The Labute approximate surface area is 125 Å². The lowest BCUT2D eigenvalue weighted by Gasteiger charge is -2.09. The molecule has 0 atom stereocenters. The Morgan fingerprint density at radius 2 is 1.00 bits per heavy atom. The van der Waals surface area contributed by atoms with E-state index in [0.29, 0.717) is 21.6 Å². The molecule has 0 radical (unpaired) electrons. The highest BCUT2D eigenvalue weighted by atomic mass is 33.1. The van der Waals surface area contributed by atoms with Gasteiger partial charge in [0.15, 0.2) is 0 Å². The maximum atomic E-state index is 12.6. The third-order valence-electron chi connectivity index (χ3n) is 2.08. The van der Waals surface area contributed by atoms with Crippen LogP contribution in [-0.2, 0) is 12.4 Å². The molecule has 2 heterocycles. The van der Waals surface area contributed by atoms with Gasteiger partial charge in [0, 0.05) is 31.3 Å². The quantitative estimate of drug-likeness (QED) is 0.441. The summed E-state index contributed by atoms with van der Waals surface area (Å²) in [7, 11) is 1.36.